The molecule has 0 spiro atoms. The maximum absolute atomic E-state index is 5.74. The zero-order chi connectivity index (χ0) is 14.8. The van der Waals surface area contributed by atoms with Gasteiger partial charge in [-0.25, -0.2) is 4.99 Å². The van der Waals surface area contributed by atoms with E-state index in [0.29, 0.717) is 19.0 Å². The van der Waals surface area contributed by atoms with Crippen molar-refractivity contribution in [3.63, 3.8) is 0 Å². The van der Waals surface area contributed by atoms with Gasteiger partial charge in [0.1, 0.15) is 0 Å². The standard InChI is InChI=1S/C14H24N6/c1-20(2)10-6-9-17-13(15)19-14(16)18-11-12-7-4-3-5-8-12/h3-5,7-8H,6,9-11H2,1-2H3,(H5,15,16,17,18,19). The molecular weight excluding hydrogens is 252 g/mol. The Morgan fingerprint density at radius 2 is 1.75 bits per heavy atom. The summed E-state index contributed by atoms with van der Waals surface area (Å²) in [7, 11) is 4.05. The monoisotopic (exact) mass is 276 g/mol. The summed E-state index contributed by atoms with van der Waals surface area (Å²) < 4.78 is 0. The van der Waals surface area contributed by atoms with Crippen LogP contribution in [0, 0.1) is 0 Å². The molecule has 0 heterocycles. The molecule has 0 aliphatic heterocycles. The summed E-state index contributed by atoms with van der Waals surface area (Å²) >= 11 is 0. The quantitative estimate of drug-likeness (QED) is 0.397. The van der Waals surface area contributed by atoms with Gasteiger partial charge in [-0.3, -0.25) is 10.3 Å². The first-order valence-electron chi connectivity index (χ1n) is 6.63. The van der Waals surface area contributed by atoms with Crippen molar-refractivity contribution in [2.45, 2.75) is 13.0 Å². The number of nitrogens with one attached hydrogen (secondary N) is 1. The molecule has 0 aliphatic rings. The van der Waals surface area contributed by atoms with E-state index in [1.54, 1.807) is 0 Å². The Morgan fingerprint density at radius 3 is 2.40 bits per heavy atom. The first-order valence-corrected chi connectivity index (χ1v) is 6.63. The summed E-state index contributed by atoms with van der Waals surface area (Å²) in [5.41, 5.74) is 12.6. The minimum absolute atomic E-state index is 0.280. The van der Waals surface area contributed by atoms with Crippen molar-refractivity contribution in [2.75, 3.05) is 27.2 Å². The molecule has 0 saturated carbocycles. The first kappa shape index (κ1) is 16.0. The molecule has 5 N–H and O–H groups in total. The second-order valence-electron chi connectivity index (χ2n) is 4.74. The van der Waals surface area contributed by atoms with Crippen LogP contribution < -0.4 is 16.8 Å². The second kappa shape index (κ2) is 8.92. The van der Waals surface area contributed by atoms with Gasteiger partial charge in [0.2, 0.25) is 0 Å². The molecule has 1 aromatic carbocycles. The van der Waals surface area contributed by atoms with E-state index >= 15 is 0 Å². The van der Waals surface area contributed by atoms with Crippen LogP contribution in [-0.2, 0) is 6.54 Å². The molecule has 0 fully saturated rings. The smallest absolute Gasteiger partial charge is 0.195 e. The molecule has 1 aromatic rings. The largest absolute Gasteiger partial charge is 0.370 e. The summed E-state index contributed by atoms with van der Waals surface area (Å²) in [6.45, 7) is 2.17. The summed E-state index contributed by atoms with van der Waals surface area (Å²) in [6.07, 6.45) is 0.955. The highest BCUT2D eigenvalue weighted by atomic mass is 15.2. The van der Waals surface area contributed by atoms with Crippen molar-refractivity contribution in [3.05, 3.63) is 35.9 Å². The van der Waals surface area contributed by atoms with Crippen LogP contribution in [0.5, 0.6) is 0 Å². The van der Waals surface area contributed by atoms with E-state index in [0.717, 1.165) is 18.5 Å². The Balaban J connectivity index is 2.33. The maximum atomic E-state index is 5.74. The topological polar surface area (TPSA) is 92.0 Å². The molecule has 0 aromatic heterocycles. The fraction of sp³-hybridized carbons (Fsp3) is 0.429. The predicted molar refractivity (Wildman–Crippen MR) is 84.6 cm³/mol. The average Bonchev–Trinajstić information content (AvgIpc) is 2.42. The third-order valence-electron chi connectivity index (χ3n) is 2.58. The molecule has 1 rings (SSSR count). The SMILES string of the molecule is CN(C)CCCN=C(N)NC(N)=NCc1ccccc1. The van der Waals surface area contributed by atoms with Crippen LogP contribution in [-0.4, -0.2) is 44.0 Å². The number of nitrogens with zero attached hydrogens (tertiary/aromatic N) is 3. The van der Waals surface area contributed by atoms with Gasteiger partial charge in [-0.2, -0.15) is 0 Å². The molecule has 0 bridgehead atoms. The van der Waals surface area contributed by atoms with Crippen molar-refractivity contribution in [2.24, 2.45) is 21.5 Å². The number of hydrogen-bond acceptors (Lipinski definition) is 3. The van der Waals surface area contributed by atoms with E-state index in [4.69, 9.17) is 11.5 Å². The highest BCUT2D eigenvalue weighted by Crippen LogP contribution is 1.99. The Morgan fingerprint density at radius 1 is 1.10 bits per heavy atom. The molecule has 110 valence electrons. The molecule has 6 nitrogen and oxygen atoms in total. The van der Waals surface area contributed by atoms with Crippen molar-refractivity contribution < 1.29 is 0 Å². The van der Waals surface area contributed by atoms with Crippen molar-refractivity contribution in [1.29, 1.82) is 0 Å². The van der Waals surface area contributed by atoms with E-state index in [9.17, 15) is 0 Å². The van der Waals surface area contributed by atoms with Crippen LogP contribution in [0.4, 0.5) is 0 Å². The van der Waals surface area contributed by atoms with Gasteiger partial charge >= 0.3 is 0 Å². The number of guanidine groups is 2. The van der Waals surface area contributed by atoms with Crippen molar-refractivity contribution >= 4 is 11.9 Å². The zero-order valence-electron chi connectivity index (χ0n) is 12.2. The molecule has 0 saturated heterocycles. The zero-order valence-corrected chi connectivity index (χ0v) is 12.2. The molecule has 20 heavy (non-hydrogen) atoms. The van der Waals surface area contributed by atoms with Gasteiger partial charge in [0.25, 0.3) is 0 Å². The van der Waals surface area contributed by atoms with E-state index in [1.165, 1.54) is 0 Å². The lowest BCUT2D eigenvalue weighted by molar-refractivity contribution is 0.403. The van der Waals surface area contributed by atoms with Crippen LogP contribution in [0.25, 0.3) is 0 Å². The Labute approximate surface area is 120 Å². The van der Waals surface area contributed by atoms with Crippen molar-refractivity contribution in [3.8, 4) is 0 Å². The first-order chi connectivity index (χ1) is 9.58. The Hall–Kier alpha value is -2.08. The summed E-state index contributed by atoms with van der Waals surface area (Å²) in [5.74, 6) is 0.584. The number of nitrogens with two attached hydrogens (primary N) is 2. The summed E-state index contributed by atoms with van der Waals surface area (Å²) in [4.78, 5) is 10.5. The van der Waals surface area contributed by atoms with Gasteiger partial charge in [0.05, 0.1) is 6.54 Å². The van der Waals surface area contributed by atoms with Crippen molar-refractivity contribution in [1.82, 2.24) is 10.2 Å². The third kappa shape index (κ3) is 7.38. The lowest BCUT2D eigenvalue weighted by atomic mass is 10.2. The number of aliphatic imine (C=N–C) groups is 2. The third-order valence-corrected chi connectivity index (χ3v) is 2.58. The van der Waals surface area contributed by atoms with Gasteiger partial charge in [0.15, 0.2) is 11.9 Å². The molecule has 0 amide bonds. The number of rotatable bonds is 6. The maximum Gasteiger partial charge on any atom is 0.195 e. The van der Waals surface area contributed by atoms with Crippen LogP contribution in [0.1, 0.15) is 12.0 Å². The fourth-order valence-corrected chi connectivity index (χ4v) is 1.56. The number of hydrogen-bond donors (Lipinski definition) is 3. The average molecular weight is 276 g/mol. The van der Waals surface area contributed by atoms with E-state index in [-0.39, 0.29) is 5.96 Å². The van der Waals surface area contributed by atoms with E-state index in [1.807, 2.05) is 44.4 Å². The molecule has 0 atom stereocenters. The summed E-state index contributed by atoms with van der Waals surface area (Å²) in [5, 5.41) is 2.78. The van der Waals surface area contributed by atoms with Gasteiger partial charge in [-0.1, -0.05) is 30.3 Å². The lowest BCUT2D eigenvalue weighted by Crippen LogP contribution is -2.41. The van der Waals surface area contributed by atoms with Crippen LogP contribution in [0.15, 0.2) is 40.3 Å². The Bertz CT molecular complexity index is 438. The van der Waals surface area contributed by atoms with Crippen LogP contribution >= 0.6 is 0 Å². The van der Waals surface area contributed by atoms with E-state index < -0.39 is 0 Å². The van der Waals surface area contributed by atoms with Crippen LogP contribution in [0.2, 0.25) is 0 Å². The molecular formula is C14H24N6. The second-order valence-corrected chi connectivity index (χ2v) is 4.74. The normalized spacial score (nSPS) is 12.8. The predicted octanol–water partition coefficient (Wildman–Crippen LogP) is 0.357. The minimum Gasteiger partial charge on any atom is -0.370 e. The fourth-order valence-electron chi connectivity index (χ4n) is 1.56. The summed E-state index contributed by atoms with van der Waals surface area (Å²) in [6, 6.07) is 9.89. The van der Waals surface area contributed by atoms with Gasteiger partial charge in [0, 0.05) is 6.54 Å². The molecule has 0 radical (unpaired) electrons. The lowest BCUT2D eigenvalue weighted by Gasteiger charge is -2.08. The van der Waals surface area contributed by atoms with E-state index in [2.05, 4.69) is 20.2 Å². The van der Waals surface area contributed by atoms with Gasteiger partial charge < -0.3 is 16.4 Å². The van der Waals surface area contributed by atoms with Gasteiger partial charge in [-0.05, 0) is 32.6 Å². The minimum atomic E-state index is 0.280. The van der Waals surface area contributed by atoms with Gasteiger partial charge in [-0.15, -0.1) is 0 Å². The molecule has 0 unspecified atom stereocenters. The molecule has 0 aliphatic carbocycles. The van der Waals surface area contributed by atoms with Crippen LogP contribution in [0.3, 0.4) is 0 Å². The highest BCUT2D eigenvalue weighted by Gasteiger charge is 1.96. The highest BCUT2D eigenvalue weighted by molar-refractivity contribution is 5.96. The number of benzene rings is 1. The molecule has 6 heteroatoms. The Kier molecular flexibility index (Phi) is 7.13.